The summed E-state index contributed by atoms with van der Waals surface area (Å²) in [7, 11) is 0. The highest BCUT2D eigenvalue weighted by Gasteiger charge is 2.04. The van der Waals surface area contributed by atoms with E-state index < -0.39 is 6.43 Å². The molecule has 61 valence electrons. The Labute approximate surface area is 60.7 Å². The second-order valence-corrected chi connectivity index (χ2v) is 1.61. The highest BCUT2D eigenvalue weighted by atomic mass is 19.3. The van der Waals surface area contributed by atoms with Gasteiger partial charge >= 0.3 is 0 Å². The van der Waals surface area contributed by atoms with Gasteiger partial charge in [0, 0.05) is 0 Å². The molecule has 0 aliphatic heterocycles. The van der Waals surface area contributed by atoms with E-state index in [1.54, 1.807) is 0 Å². The van der Waals surface area contributed by atoms with E-state index in [-0.39, 0.29) is 12.4 Å². The topological polar surface area (TPSA) is 63.7 Å². The summed E-state index contributed by atoms with van der Waals surface area (Å²) in [6, 6.07) is 0. The van der Waals surface area contributed by atoms with E-state index in [1.807, 2.05) is 0 Å². The van der Waals surface area contributed by atoms with Crippen LogP contribution >= 0.6 is 0 Å². The fourth-order valence-electron chi connectivity index (χ4n) is 0.439. The first kappa shape index (κ1) is 7.99. The van der Waals surface area contributed by atoms with Crippen LogP contribution in [0.25, 0.3) is 0 Å². The molecule has 0 unspecified atom stereocenters. The lowest BCUT2D eigenvalue weighted by Crippen LogP contribution is -1.98. The number of hydrogen-bond donors (Lipinski definition) is 1. The van der Waals surface area contributed by atoms with Crippen LogP contribution < -0.4 is 0 Å². The number of halogens is 2. The summed E-state index contributed by atoms with van der Waals surface area (Å²) in [6.07, 6.45) is -2.58. The molecule has 1 aromatic rings. The van der Waals surface area contributed by atoms with Crippen LogP contribution in [0, 0.1) is 6.61 Å². The number of aromatic amines is 1. The Hall–Kier alpha value is -1.11. The second-order valence-electron chi connectivity index (χ2n) is 1.61. The average molecular weight is 163 g/mol. The van der Waals surface area contributed by atoms with Gasteiger partial charge in [-0.2, -0.15) is 5.21 Å². The maximum Gasteiger partial charge on any atom is 0.267 e. The van der Waals surface area contributed by atoms with Gasteiger partial charge in [0.05, 0.1) is 0 Å². The van der Waals surface area contributed by atoms with Crippen molar-refractivity contribution >= 4 is 0 Å². The van der Waals surface area contributed by atoms with Gasteiger partial charge in [-0.1, -0.05) is 5.21 Å². The Morgan fingerprint density at radius 3 is 3.00 bits per heavy atom. The summed E-state index contributed by atoms with van der Waals surface area (Å²) in [5.74, 6) is 0.238. The first-order valence-electron chi connectivity index (χ1n) is 2.74. The van der Waals surface area contributed by atoms with Gasteiger partial charge in [-0.05, 0) is 0 Å². The van der Waals surface area contributed by atoms with E-state index in [9.17, 15) is 8.78 Å². The van der Waals surface area contributed by atoms with E-state index in [0.717, 1.165) is 0 Å². The fourth-order valence-corrected chi connectivity index (χ4v) is 0.439. The first-order chi connectivity index (χ1) is 5.29. The van der Waals surface area contributed by atoms with Crippen molar-refractivity contribution in [3.05, 3.63) is 12.4 Å². The average Bonchev–Trinajstić information content (AvgIpc) is 2.39. The molecule has 0 fully saturated rings. The van der Waals surface area contributed by atoms with Crippen LogP contribution in [0.5, 0.6) is 0 Å². The zero-order valence-electron chi connectivity index (χ0n) is 5.37. The SMILES string of the molecule is FC(F)[CH]OCc1nn[nH]n1. The van der Waals surface area contributed by atoms with E-state index in [0.29, 0.717) is 6.61 Å². The monoisotopic (exact) mass is 163 g/mol. The lowest BCUT2D eigenvalue weighted by Gasteiger charge is -1.96. The van der Waals surface area contributed by atoms with Crippen molar-refractivity contribution in [2.75, 3.05) is 0 Å². The summed E-state index contributed by atoms with van der Waals surface area (Å²) in [5.41, 5.74) is 0. The predicted molar refractivity (Wildman–Crippen MR) is 29.3 cm³/mol. The lowest BCUT2D eigenvalue weighted by molar-refractivity contribution is 0.0629. The molecule has 0 saturated carbocycles. The zero-order chi connectivity index (χ0) is 8.10. The van der Waals surface area contributed by atoms with Gasteiger partial charge in [0.1, 0.15) is 6.61 Å². The number of hydrogen-bond acceptors (Lipinski definition) is 4. The Morgan fingerprint density at radius 1 is 1.64 bits per heavy atom. The predicted octanol–water partition coefficient (Wildman–Crippen LogP) is 0.143. The summed E-state index contributed by atoms with van der Waals surface area (Å²) >= 11 is 0. The maximum atomic E-state index is 11.4. The van der Waals surface area contributed by atoms with Crippen LogP contribution in [0.4, 0.5) is 8.78 Å². The lowest BCUT2D eigenvalue weighted by atomic mass is 10.6. The molecule has 1 N–H and O–H groups in total. The second kappa shape index (κ2) is 3.91. The Kier molecular flexibility index (Phi) is 2.84. The molecule has 0 aromatic carbocycles. The molecule has 1 radical (unpaired) electrons. The molecule has 0 spiro atoms. The van der Waals surface area contributed by atoms with Crippen LogP contribution in [0.2, 0.25) is 0 Å². The molecular formula is C4H5F2N4O. The third-order valence-electron chi connectivity index (χ3n) is 0.801. The van der Waals surface area contributed by atoms with Crippen molar-refractivity contribution in [1.29, 1.82) is 0 Å². The van der Waals surface area contributed by atoms with Crippen LogP contribution in [-0.2, 0) is 11.3 Å². The number of nitrogens with zero attached hydrogens (tertiary/aromatic N) is 3. The molecule has 1 heterocycles. The standard InChI is InChI=1S/C4H5F2N4O/c5-3(6)1-11-2-4-7-9-10-8-4/h1,3H,2H2,(H,7,8,9,10). The number of H-pyrrole nitrogens is 1. The normalized spacial score (nSPS) is 10.8. The third-order valence-corrected chi connectivity index (χ3v) is 0.801. The number of rotatable bonds is 4. The molecule has 7 heteroatoms. The van der Waals surface area contributed by atoms with Gasteiger partial charge in [-0.3, -0.25) is 0 Å². The molecule has 0 bridgehead atoms. The third kappa shape index (κ3) is 2.99. The van der Waals surface area contributed by atoms with Crippen LogP contribution in [0.3, 0.4) is 0 Å². The van der Waals surface area contributed by atoms with Gasteiger partial charge in [-0.15, -0.1) is 10.2 Å². The minimum absolute atomic E-state index is 0.0964. The molecule has 11 heavy (non-hydrogen) atoms. The minimum Gasteiger partial charge on any atom is -0.361 e. The van der Waals surface area contributed by atoms with E-state index in [1.165, 1.54) is 0 Å². The Bertz CT molecular complexity index is 190. The smallest absolute Gasteiger partial charge is 0.267 e. The van der Waals surface area contributed by atoms with Gasteiger partial charge < -0.3 is 4.74 Å². The highest BCUT2D eigenvalue weighted by molar-refractivity contribution is 4.71. The molecular weight excluding hydrogens is 158 g/mol. The summed E-state index contributed by atoms with van der Waals surface area (Å²) in [4.78, 5) is 0. The van der Waals surface area contributed by atoms with Crippen molar-refractivity contribution in [3.8, 4) is 0 Å². The van der Waals surface area contributed by atoms with Gasteiger partial charge in [0.25, 0.3) is 6.43 Å². The number of aromatic nitrogens is 4. The quantitative estimate of drug-likeness (QED) is 0.685. The summed E-state index contributed by atoms with van der Waals surface area (Å²) in [5, 5.41) is 12.3. The Morgan fingerprint density at radius 2 is 2.45 bits per heavy atom. The van der Waals surface area contributed by atoms with Gasteiger partial charge in [-0.25, -0.2) is 8.78 Å². The molecule has 1 rings (SSSR count). The molecule has 0 aliphatic rings. The van der Waals surface area contributed by atoms with Crippen molar-refractivity contribution in [3.63, 3.8) is 0 Å². The molecule has 0 saturated heterocycles. The van der Waals surface area contributed by atoms with Crippen molar-refractivity contribution in [2.45, 2.75) is 13.0 Å². The molecule has 0 aliphatic carbocycles. The zero-order valence-corrected chi connectivity index (χ0v) is 5.37. The first-order valence-corrected chi connectivity index (χ1v) is 2.74. The Balaban J connectivity index is 2.14. The highest BCUT2D eigenvalue weighted by Crippen LogP contribution is 2.00. The maximum absolute atomic E-state index is 11.4. The summed E-state index contributed by atoms with van der Waals surface area (Å²) < 4.78 is 27.2. The van der Waals surface area contributed by atoms with Crippen molar-refractivity contribution < 1.29 is 13.5 Å². The number of alkyl halides is 2. The largest absolute Gasteiger partial charge is 0.361 e. The van der Waals surface area contributed by atoms with Gasteiger partial charge in [0.15, 0.2) is 12.4 Å². The minimum atomic E-state index is -2.58. The number of tetrazole rings is 1. The summed E-state index contributed by atoms with van der Waals surface area (Å²) in [6.45, 7) is 0.317. The van der Waals surface area contributed by atoms with Crippen LogP contribution in [0.15, 0.2) is 0 Å². The molecule has 0 atom stereocenters. The number of ether oxygens (including phenoxy) is 1. The van der Waals surface area contributed by atoms with Crippen molar-refractivity contribution in [1.82, 2.24) is 20.6 Å². The van der Waals surface area contributed by atoms with Crippen molar-refractivity contribution in [2.24, 2.45) is 0 Å². The van der Waals surface area contributed by atoms with Gasteiger partial charge in [0.2, 0.25) is 0 Å². The molecule has 5 nitrogen and oxygen atoms in total. The van der Waals surface area contributed by atoms with Crippen LogP contribution in [0.1, 0.15) is 5.82 Å². The van der Waals surface area contributed by atoms with E-state index >= 15 is 0 Å². The fraction of sp³-hybridized carbons (Fsp3) is 0.500. The number of nitrogens with one attached hydrogen (secondary N) is 1. The van der Waals surface area contributed by atoms with Crippen LogP contribution in [-0.4, -0.2) is 27.0 Å². The van der Waals surface area contributed by atoms with E-state index in [4.69, 9.17) is 0 Å². The van der Waals surface area contributed by atoms with E-state index in [2.05, 4.69) is 25.4 Å². The molecule has 1 aromatic heterocycles. The molecule has 0 amide bonds.